The van der Waals surface area contributed by atoms with Crippen molar-refractivity contribution in [3.63, 3.8) is 0 Å². The van der Waals surface area contributed by atoms with Gasteiger partial charge in [0.25, 0.3) is 0 Å². The van der Waals surface area contributed by atoms with Crippen molar-refractivity contribution in [1.29, 1.82) is 0 Å². The second-order valence-electron chi connectivity index (χ2n) is 7.78. The van der Waals surface area contributed by atoms with Gasteiger partial charge in [-0.2, -0.15) is 0 Å². The van der Waals surface area contributed by atoms with Crippen molar-refractivity contribution >= 4 is 12.1 Å². The van der Waals surface area contributed by atoms with Crippen LogP contribution in [0.2, 0.25) is 0 Å². The third kappa shape index (κ3) is 3.55. The quantitative estimate of drug-likeness (QED) is 0.914. The normalized spacial score (nSPS) is 21.2. The van der Waals surface area contributed by atoms with Gasteiger partial charge < -0.3 is 14.7 Å². The fourth-order valence-electron chi connectivity index (χ4n) is 3.24. The number of ether oxygens (including phenoxy) is 1. The van der Waals surface area contributed by atoms with Gasteiger partial charge in [-0.05, 0) is 44.2 Å². The first kappa shape index (κ1) is 18.3. The minimum absolute atomic E-state index is 0.140. The summed E-state index contributed by atoms with van der Waals surface area (Å²) in [7, 11) is 0. The average molecular weight is 333 g/mol. The Balaban J connectivity index is 2.36. The molecule has 1 heterocycles. The van der Waals surface area contributed by atoms with Crippen LogP contribution in [0.1, 0.15) is 58.1 Å². The molecule has 5 nitrogen and oxygen atoms in total. The number of aliphatic carboxylic acids is 1. The van der Waals surface area contributed by atoms with Gasteiger partial charge in [0.05, 0.1) is 0 Å². The molecule has 1 aromatic rings. The molecule has 1 fully saturated rings. The molecule has 0 bridgehead atoms. The molecule has 1 aliphatic rings. The van der Waals surface area contributed by atoms with Crippen LogP contribution in [-0.2, 0) is 14.9 Å². The van der Waals surface area contributed by atoms with E-state index in [0.29, 0.717) is 13.0 Å². The first-order chi connectivity index (χ1) is 11.1. The number of carbonyl (C=O) groups is 2. The van der Waals surface area contributed by atoms with Crippen LogP contribution in [0.3, 0.4) is 0 Å². The fourth-order valence-corrected chi connectivity index (χ4v) is 3.24. The Kier molecular flexibility index (Phi) is 4.92. The largest absolute Gasteiger partial charge is 0.481 e. The minimum Gasteiger partial charge on any atom is -0.481 e. The standard InChI is InChI=1S/C19H27NO4/c1-13(2)14-8-6-7-9-15(14)19(16(21)22)10-11-20(12-19)17(23)24-18(3,4)5/h6-9,13H,10-12H2,1-5H3,(H,21,22). The van der Waals surface area contributed by atoms with E-state index in [0.717, 1.165) is 11.1 Å². The van der Waals surface area contributed by atoms with Crippen LogP contribution in [0, 0.1) is 0 Å². The van der Waals surface area contributed by atoms with E-state index in [1.54, 1.807) is 20.8 Å². The first-order valence-electron chi connectivity index (χ1n) is 8.37. The predicted molar refractivity (Wildman–Crippen MR) is 92.3 cm³/mol. The van der Waals surface area contributed by atoms with Crippen LogP contribution in [0.25, 0.3) is 0 Å². The van der Waals surface area contributed by atoms with Gasteiger partial charge in [-0.25, -0.2) is 4.79 Å². The van der Waals surface area contributed by atoms with Crippen LogP contribution in [-0.4, -0.2) is 40.8 Å². The molecule has 1 N–H and O–H groups in total. The molecule has 1 atom stereocenters. The molecule has 1 aromatic carbocycles. The Morgan fingerprint density at radius 3 is 2.42 bits per heavy atom. The molecule has 1 unspecified atom stereocenters. The van der Waals surface area contributed by atoms with Crippen molar-refractivity contribution in [1.82, 2.24) is 4.90 Å². The van der Waals surface area contributed by atoms with E-state index in [1.807, 2.05) is 24.3 Å². The lowest BCUT2D eigenvalue weighted by atomic mass is 9.75. The maximum absolute atomic E-state index is 12.3. The Hall–Kier alpha value is -2.04. The van der Waals surface area contributed by atoms with E-state index in [4.69, 9.17) is 4.74 Å². The summed E-state index contributed by atoms with van der Waals surface area (Å²) in [6, 6.07) is 7.64. The fraction of sp³-hybridized carbons (Fsp3) is 0.579. The molecule has 1 saturated heterocycles. The van der Waals surface area contributed by atoms with E-state index in [1.165, 1.54) is 4.90 Å². The molecule has 2 rings (SSSR count). The first-order valence-corrected chi connectivity index (χ1v) is 8.37. The summed E-state index contributed by atoms with van der Waals surface area (Å²) in [4.78, 5) is 26.0. The number of likely N-dealkylation sites (tertiary alicyclic amines) is 1. The second-order valence-corrected chi connectivity index (χ2v) is 7.78. The van der Waals surface area contributed by atoms with Gasteiger partial charge in [-0.1, -0.05) is 38.1 Å². The van der Waals surface area contributed by atoms with Crippen molar-refractivity contribution in [2.45, 2.75) is 58.0 Å². The highest BCUT2D eigenvalue weighted by Gasteiger charge is 2.49. The second kappa shape index (κ2) is 6.46. The van der Waals surface area contributed by atoms with E-state index in [-0.39, 0.29) is 12.5 Å². The number of benzene rings is 1. The van der Waals surface area contributed by atoms with Crippen molar-refractivity contribution in [2.24, 2.45) is 0 Å². The van der Waals surface area contributed by atoms with Crippen LogP contribution >= 0.6 is 0 Å². The topological polar surface area (TPSA) is 66.8 Å². The SMILES string of the molecule is CC(C)c1ccccc1C1(C(=O)O)CCN(C(=O)OC(C)(C)C)C1. The maximum atomic E-state index is 12.3. The molecule has 0 spiro atoms. The molecule has 132 valence electrons. The lowest BCUT2D eigenvalue weighted by Crippen LogP contribution is -2.42. The van der Waals surface area contributed by atoms with Gasteiger partial charge in [0.15, 0.2) is 0 Å². The molecular weight excluding hydrogens is 306 g/mol. The number of carbonyl (C=O) groups excluding carboxylic acids is 1. The Morgan fingerprint density at radius 2 is 1.88 bits per heavy atom. The maximum Gasteiger partial charge on any atom is 0.410 e. The Bertz CT molecular complexity index is 632. The summed E-state index contributed by atoms with van der Waals surface area (Å²) in [5.41, 5.74) is 0.156. The number of amides is 1. The molecule has 24 heavy (non-hydrogen) atoms. The zero-order valence-electron chi connectivity index (χ0n) is 15.1. The van der Waals surface area contributed by atoms with E-state index >= 15 is 0 Å². The Morgan fingerprint density at radius 1 is 1.25 bits per heavy atom. The van der Waals surface area contributed by atoms with Crippen molar-refractivity contribution in [3.05, 3.63) is 35.4 Å². The number of hydrogen-bond donors (Lipinski definition) is 1. The molecule has 0 radical (unpaired) electrons. The summed E-state index contributed by atoms with van der Waals surface area (Å²) >= 11 is 0. The van der Waals surface area contributed by atoms with Crippen molar-refractivity contribution in [3.8, 4) is 0 Å². The minimum atomic E-state index is -1.07. The third-order valence-electron chi connectivity index (χ3n) is 4.43. The van der Waals surface area contributed by atoms with Crippen molar-refractivity contribution in [2.75, 3.05) is 13.1 Å². The van der Waals surface area contributed by atoms with Crippen molar-refractivity contribution < 1.29 is 19.4 Å². The number of rotatable bonds is 3. The van der Waals surface area contributed by atoms with Crippen LogP contribution in [0.15, 0.2) is 24.3 Å². The molecular formula is C19H27NO4. The van der Waals surface area contributed by atoms with Gasteiger partial charge in [0, 0.05) is 13.1 Å². The molecule has 5 heteroatoms. The predicted octanol–water partition coefficient (Wildman–Crippen LogP) is 3.77. The summed E-state index contributed by atoms with van der Waals surface area (Å²) in [5, 5.41) is 9.98. The number of carboxylic acids is 1. The summed E-state index contributed by atoms with van der Waals surface area (Å²) in [6.45, 7) is 10.0. The monoisotopic (exact) mass is 333 g/mol. The lowest BCUT2D eigenvalue weighted by Gasteiger charge is -2.29. The highest BCUT2D eigenvalue weighted by atomic mass is 16.6. The van der Waals surface area contributed by atoms with E-state index < -0.39 is 23.1 Å². The highest BCUT2D eigenvalue weighted by Crippen LogP contribution is 2.39. The summed E-state index contributed by atoms with van der Waals surface area (Å²) in [5.74, 6) is -0.672. The van der Waals surface area contributed by atoms with Gasteiger partial charge in [-0.15, -0.1) is 0 Å². The zero-order chi connectivity index (χ0) is 18.1. The number of hydrogen-bond acceptors (Lipinski definition) is 3. The van der Waals surface area contributed by atoms with Crippen LogP contribution < -0.4 is 0 Å². The lowest BCUT2D eigenvalue weighted by molar-refractivity contribution is -0.143. The van der Waals surface area contributed by atoms with Crippen LogP contribution in [0.5, 0.6) is 0 Å². The zero-order valence-corrected chi connectivity index (χ0v) is 15.1. The van der Waals surface area contributed by atoms with E-state index in [9.17, 15) is 14.7 Å². The highest BCUT2D eigenvalue weighted by molar-refractivity contribution is 5.84. The van der Waals surface area contributed by atoms with Gasteiger partial charge in [0.1, 0.15) is 11.0 Å². The molecule has 0 aliphatic carbocycles. The third-order valence-corrected chi connectivity index (χ3v) is 4.43. The van der Waals surface area contributed by atoms with E-state index in [2.05, 4.69) is 13.8 Å². The van der Waals surface area contributed by atoms with Gasteiger partial charge in [0.2, 0.25) is 0 Å². The van der Waals surface area contributed by atoms with Gasteiger partial charge in [-0.3, -0.25) is 4.79 Å². The molecule has 0 aromatic heterocycles. The summed E-state index contributed by atoms with van der Waals surface area (Å²) in [6.07, 6.45) is -0.0571. The smallest absolute Gasteiger partial charge is 0.410 e. The van der Waals surface area contributed by atoms with Crippen LogP contribution in [0.4, 0.5) is 4.79 Å². The molecule has 0 saturated carbocycles. The molecule has 1 aliphatic heterocycles. The number of carboxylic acid groups (broad SMARTS) is 1. The van der Waals surface area contributed by atoms with Gasteiger partial charge >= 0.3 is 12.1 Å². The summed E-state index contributed by atoms with van der Waals surface area (Å²) < 4.78 is 5.40. The average Bonchev–Trinajstić information content (AvgIpc) is 2.92. The molecule has 1 amide bonds. The number of nitrogens with zero attached hydrogens (tertiary/aromatic N) is 1. The Labute approximate surface area is 143 Å².